The van der Waals surface area contributed by atoms with E-state index in [2.05, 4.69) is 15.2 Å². The lowest BCUT2D eigenvalue weighted by Gasteiger charge is -2.22. The molecule has 1 saturated heterocycles. The van der Waals surface area contributed by atoms with E-state index in [-0.39, 0.29) is 16.5 Å². The first-order chi connectivity index (χ1) is 21.0. The smallest absolute Gasteiger partial charge is 0.301 e. The van der Waals surface area contributed by atoms with Crippen LogP contribution in [0.15, 0.2) is 113 Å². The molecule has 2 aromatic heterocycles. The molecule has 1 atom stereocenters. The van der Waals surface area contributed by atoms with Crippen LogP contribution in [0.5, 0.6) is 5.75 Å². The molecule has 43 heavy (non-hydrogen) atoms. The number of amides is 1. The van der Waals surface area contributed by atoms with E-state index in [9.17, 15) is 14.7 Å². The Bertz CT molecular complexity index is 1790. The summed E-state index contributed by atoms with van der Waals surface area (Å²) in [7, 11) is 0. The lowest BCUT2D eigenvalue weighted by Crippen LogP contribution is -2.29. The molecule has 0 aliphatic carbocycles. The SMILES string of the molecule is Cc1ccccc1COc1ccc(/C(O)=C2\C(=O)C(=O)N(c3nnc(SCc4ccccc4)s3)C2c2cccnc2)cc1. The summed E-state index contributed by atoms with van der Waals surface area (Å²) >= 11 is 2.72. The van der Waals surface area contributed by atoms with Crippen LogP contribution in [0.25, 0.3) is 5.76 Å². The first-order valence-corrected chi connectivity index (χ1v) is 15.3. The van der Waals surface area contributed by atoms with E-state index in [0.717, 1.165) is 16.7 Å². The van der Waals surface area contributed by atoms with E-state index in [0.29, 0.717) is 33.6 Å². The lowest BCUT2D eigenvalue weighted by atomic mass is 9.96. The third-order valence-electron chi connectivity index (χ3n) is 7.03. The fourth-order valence-corrected chi connectivity index (χ4v) is 6.58. The highest BCUT2D eigenvalue weighted by Crippen LogP contribution is 2.44. The number of ketones is 1. The number of aliphatic hydroxyl groups is 1. The molecule has 8 nitrogen and oxygen atoms in total. The van der Waals surface area contributed by atoms with Crippen LogP contribution in [0.4, 0.5) is 5.13 Å². The van der Waals surface area contributed by atoms with Gasteiger partial charge in [0.2, 0.25) is 5.13 Å². The van der Waals surface area contributed by atoms with Crippen LogP contribution in [0.3, 0.4) is 0 Å². The summed E-state index contributed by atoms with van der Waals surface area (Å²) in [5.74, 6) is -0.587. The molecule has 1 amide bonds. The Morgan fingerprint density at radius 2 is 1.72 bits per heavy atom. The second-order valence-corrected chi connectivity index (χ2v) is 12.0. The second kappa shape index (κ2) is 12.6. The summed E-state index contributed by atoms with van der Waals surface area (Å²) in [5, 5.41) is 20.2. The molecule has 1 N–H and O–H groups in total. The number of pyridine rings is 1. The minimum atomic E-state index is -0.925. The minimum Gasteiger partial charge on any atom is -0.507 e. The summed E-state index contributed by atoms with van der Waals surface area (Å²) in [4.78, 5) is 32.4. The van der Waals surface area contributed by atoms with Gasteiger partial charge in [-0.05, 0) is 59.5 Å². The number of aliphatic hydroxyl groups excluding tert-OH is 1. The molecule has 6 rings (SSSR count). The second-order valence-electron chi connectivity index (χ2n) is 9.82. The number of hydrogen-bond donors (Lipinski definition) is 1. The van der Waals surface area contributed by atoms with E-state index in [1.165, 1.54) is 28.0 Å². The van der Waals surface area contributed by atoms with Gasteiger partial charge in [-0.3, -0.25) is 19.5 Å². The number of Topliss-reactive ketones (excluding diaryl/α,β-unsaturated/α-hetero) is 1. The molecule has 1 unspecified atom stereocenters. The molecule has 0 saturated carbocycles. The predicted octanol–water partition coefficient (Wildman–Crippen LogP) is 6.74. The number of thioether (sulfide) groups is 1. The Morgan fingerprint density at radius 3 is 2.47 bits per heavy atom. The number of aromatic nitrogens is 3. The van der Waals surface area contributed by atoms with Gasteiger partial charge in [0.25, 0.3) is 5.78 Å². The van der Waals surface area contributed by atoms with Gasteiger partial charge < -0.3 is 9.84 Å². The normalized spacial score (nSPS) is 16.0. The summed E-state index contributed by atoms with van der Waals surface area (Å²) in [6.45, 7) is 2.43. The molecule has 10 heteroatoms. The van der Waals surface area contributed by atoms with Gasteiger partial charge in [0.15, 0.2) is 4.34 Å². The molecule has 1 aliphatic rings. The Labute approximate surface area is 256 Å². The van der Waals surface area contributed by atoms with E-state index in [4.69, 9.17) is 4.74 Å². The van der Waals surface area contributed by atoms with Gasteiger partial charge in [-0.1, -0.05) is 83.8 Å². The van der Waals surface area contributed by atoms with Gasteiger partial charge in [-0.2, -0.15) is 0 Å². The standard InChI is InChI=1S/C33H26N4O4S2/c1-21-8-5-6-11-25(21)19-41-26-15-13-23(14-16-26)29(38)27-28(24-12-7-17-34-18-24)37(31(40)30(27)39)32-35-36-33(43-32)42-20-22-9-3-2-4-10-22/h2-18,28,38H,19-20H2,1H3/b29-27+. The Balaban J connectivity index is 1.29. The van der Waals surface area contributed by atoms with E-state index in [1.807, 2.05) is 61.5 Å². The molecule has 0 bridgehead atoms. The number of nitrogens with zero attached hydrogens (tertiary/aromatic N) is 4. The zero-order chi connectivity index (χ0) is 29.8. The van der Waals surface area contributed by atoms with Gasteiger partial charge in [0.05, 0.1) is 11.6 Å². The number of anilines is 1. The third-order valence-corrected chi connectivity index (χ3v) is 9.16. The van der Waals surface area contributed by atoms with Crippen LogP contribution < -0.4 is 9.64 Å². The quantitative estimate of drug-likeness (QED) is 0.0647. The number of carbonyl (C=O) groups excluding carboxylic acids is 2. The molecule has 214 valence electrons. The highest BCUT2D eigenvalue weighted by atomic mass is 32.2. The fourth-order valence-electron chi connectivity index (χ4n) is 4.76. The van der Waals surface area contributed by atoms with Crippen molar-refractivity contribution < 1.29 is 19.4 Å². The number of hydrogen-bond acceptors (Lipinski definition) is 9. The van der Waals surface area contributed by atoms with Crippen LogP contribution in [0, 0.1) is 6.92 Å². The van der Waals surface area contributed by atoms with E-state index in [1.54, 1.807) is 48.8 Å². The summed E-state index contributed by atoms with van der Waals surface area (Å²) in [6, 6.07) is 27.3. The monoisotopic (exact) mass is 606 g/mol. The van der Waals surface area contributed by atoms with Crippen LogP contribution in [0.1, 0.15) is 33.9 Å². The first-order valence-electron chi connectivity index (χ1n) is 13.5. The summed E-state index contributed by atoms with van der Waals surface area (Å²) in [6.07, 6.45) is 3.18. The van der Waals surface area contributed by atoms with Crippen molar-refractivity contribution in [2.75, 3.05) is 4.90 Å². The predicted molar refractivity (Wildman–Crippen MR) is 167 cm³/mol. The fraction of sp³-hybridized carbons (Fsp3) is 0.121. The largest absolute Gasteiger partial charge is 0.507 e. The van der Waals surface area contributed by atoms with Crippen LogP contribution in [0.2, 0.25) is 0 Å². The number of rotatable bonds is 9. The Hall–Kier alpha value is -4.80. The molecule has 1 fully saturated rings. The van der Waals surface area contributed by atoms with Crippen molar-refractivity contribution >= 4 is 45.7 Å². The third kappa shape index (κ3) is 6.06. The van der Waals surface area contributed by atoms with Crippen LogP contribution in [-0.4, -0.2) is 32.0 Å². The first kappa shape index (κ1) is 28.3. The molecular formula is C33H26N4O4S2. The minimum absolute atomic E-state index is 0.0414. The zero-order valence-corrected chi connectivity index (χ0v) is 24.7. The zero-order valence-electron chi connectivity index (χ0n) is 23.1. The van der Waals surface area contributed by atoms with Crippen molar-refractivity contribution in [2.45, 2.75) is 29.7 Å². The number of carbonyl (C=O) groups is 2. The maximum atomic E-state index is 13.5. The Kier molecular flexibility index (Phi) is 8.30. The van der Waals surface area contributed by atoms with Gasteiger partial charge in [-0.25, -0.2) is 0 Å². The maximum absolute atomic E-state index is 13.5. The number of aryl methyl sites for hydroxylation is 1. The van der Waals surface area contributed by atoms with Crippen LogP contribution in [-0.2, 0) is 21.9 Å². The highest BCUT2D eigenvalue weighted by molar-refractivity contribution is 8.00. The number of benzene rings is 3. The van der Waals surface area contributed by atoms with Crippen molar-refractivity contribution in [3.8, 4) is 5.75 Å². The van der Waals surface area contributed by atoms with Gasteiger partial charge in [0.1, 0.15) is 18.1 Å². The maximum Gasteiger partial charge on any atom is 0.301 e. The highest BCUT2D eigenvalue weighted by Gasteiger charge is 2.48. The van der Waals surface area contributed by atoms with E-state index < -0.39 is 17.7 Å². The molecule has 3 aromatic carbocycles. The van der Waals surface area contributed by atoms with Crippen molar-refractivity contribution in [3.63, 3.8) is 0 Å². The average Bonchev–Trinajstić information content (AvgIpc) is 3.62. The van der Waals surface area contributed by atoms with Gasteiger partial charge in [-0.15, -0.1) is 10.2 Å². The van der Waals surface area contributed by atoms with Crippen LogP contribution >= 0.6 is 23.1 Å². The Morgan fingerprint density at radius 1 is 0.953 bits per heavy atom. The molecule has 0 radical (unpaired) electrons. The number of ether oxygens (including phenoxy) is 1. The molecule has 1 aliphatic heterocycles. The summed E-state index contributed by atoms with van der Waals surface area (Å²) in [5.41, 5.74) is 4.24. The molecule has 0 spiro atoms. The lowest BCUT2D eigenvalue weighted by molar-refractivity contribution is -0.132. The van der Waals surface area contributed by atoms with Crippen molar-refractivity contribution in [1.82, 2.24) is 15.2 Å². The average molecular weight is 607 g/mol. The van der Waals surface area contributed by atoms with Crippen molar-refractivity contribution in [2.24, 2.45) is 0 Å². The van der Waals surface area contributed by atoms with Gasteiger partial charge >= 0.3 is 5.91 Å². The molecule has 5 aromatic rings. The topological polar surface area (TPSA) is 106 Å². The van der Waals surface area contributed by atoms with Gasteiger partial charge in [0, 0.05) is 23.7 Å². The summed E-state index contributed by atoms with van der Waals surface area (Å²) < 4.78 is 6.60. The van der Waals surface area contributed by atoms with Crippen molar-refractivity contribution in [3.05, 3.63) is 137 Å². The molecular weight excluding hydrogens is 581 g/mol. The molecule has 3 heterocycles. The van der Waals surface area contributed by atoms with E-state index >= 15 is 0 Å². The van der Waals surface area contributed by atoms with Crippen molar-refractivity contribution in [1.29, 1.82) is 0 Å².